The number of ether oxygens (including phenoxy) is 3. The topological polar surface area (TPSA) is 141 Å². The molecule has 6 rings (SSSR count). The zero-order valence-electron chi connectivity index (χ0n) is 24.6. The number of piperidine rings is 1. The molecule has 0 atom stereocenters. The van der Waals surface area contributed by atoms with Crippen LogP contribution in [0.25, 0.3) is 16.6 Å². The van der Waals surface area contributed by atoms with E-state index in [1.165, 1.54) is 36.3 Å². The highest BCUT2D eigenvalue weighted by molar-refractivity contribution is 5.95. The van der Waals surface area contributed by atoms with E-state index in [4.69, 9.17) is 14.2 Å². The molecule has 5 aromatic rings. The van der Waals surface area contributed by atoms with Crippen molar-refractivity contribution in [3.8, 4) is 29.1 Å². The molecule has 0 radical (unpaired) electrons. The number of likely N-dealkylation sites (tertiary alicyclic amines) is 1. The third-order valence-corrected chi connectivity index (χ3v) is 7.33. The summed E-state index contributed by atoms with van der Waals surface area (Å²) in [6, 6.07) is 10.2. The van der Waals surface area contributed by atoms with E-state index >= 15 is 4.39 Å². The van der Waals surface area contributed by atoms with Crippen LogP contribution in [0.1, 0.15) is 12.8 Å². The minimum absolute atomic E-state index is 0.00128. The molecule has 0 saturated carbocycles. The number of carbonyl (C=O) groups is 1. The first kappa shape index (κ1) is 29.3. The van der Waals surface area contributed by atoms with Crippen LogP contribution in [0.4, 0.5) is 21.6 Å². The van der Waals surface area contributed by atoms with E-state index in [0.29, 0.717) is 46.9 Å². The number of carbonyl (C=O) groups excluding carboxylic acids is 1. The van der Waals surface area contributed by atoms with Crippen LogP contribution in [0.3, 0.4) is 0 Å². The molecule has 1 saturated heterocycles. The molecule has 0 bridgehead atoms. The second kappa shape index (κ2) is 12.8. The van der Waals surface area contributed by atoms with Crippen molar-refractivity contribution in [1.82, 2.24) is 34.6 Å². The third kappa shape index (κ3) is 6.44. The van der Waals surface area contributed by atoms with E-state index in [-0.39, 0.29) is 29.6 Å². The SMILES string of the molecule is C=CC(=O)N1CCC(Nc2cc3c(Nc4ccc(Oc5ccn(-c6cnc(OC)nc6)n5)c(F)c4)ncnc3cc2OC)CC1. The Morgan fingerprint density at radius 3 is 2.53 bits per heavy atom. The highest BCUT2D eigenvalue weighted by Gasteiger charge is 2.23. The normalized spacial score (nSPS) is 13.4. The fourth-order valence-electron chi connectivity index (χ4n) is 5.01. The van der Waals surface area contributed by atoms with Crippen LogP contribution in [-0.2, 0) is 4.79 Å². The number of methoxy groups -OCH3 is 2. The largest absolute Gasteiger partial charge is 0.495 e. The fourth-order valence-corrected chi connectivity index (χ4v) is 5.01. The Morgan fingerprint density at radius 1 is 1.02 bits per heavy atom. The van der Waals surface area contributed by atoms with Crippen LogP contribution in [0, 0.1) is 5.82 Å². The van der Waals surface area contributed by atoms with Crippen LogP contribution in [0.15, 0.2) is 74.0 Å². The van der Waals surface area contributed by atoms with E-state index in [2.05, 4.69) is 42.2 Å². The molecule has 1 fully saturated rings. The van der Waals surface area contributed by atoms with E-state index in [9.17, 15) is 4.79 Å². The van der Waals surface area contributed by atoms with Crippen molar-refractivity contribution >= 4 is 34.0 Å². The molecule has 0 unspecified atom stereocenters. The van der Waals surface area contributed by atoms with Gasteiger partial charge in [-0.1, -0.05) is 6.58 Å². The first-order valence-corrected chi connectivity index (χ1v) is 14.1. The average molecular weight is 612 g/mol. The van der Waals surface area contributed by atoms with Crippen molar-refractivity contribution in [2.45, 2.75) is 18.9 Å². The summed E-state index contributed by atoms with van der Waals surface area (Å²) in [6.07, 6.45) is 9.08. The van der Waals surface area contributed by atoms with Crippen molar-refractivity contribution in [3.05, 3.63) is 79.8 Å². The predicted octanol–water partition coefficient (Wildman–Crippen LogP) is 4.89. The van der Waals surface area contributed by atoms with Crippen LogP contribution in [0.2, 0.25) is 0 Å². The third-order valence-electron chi connectivity index (χ3n) is 7.33. The zero-order valence-corrected chi connectivity index (χ0v) is 24.6. The highest BCUT2D eigenvalue weighted by atomic mass is 19.1. The van der Waals surface area contributed by atoms with Crippen molar-refractivity contribution in [2.24, 2.45) is 0 Å². The predicted molar refractivity (Wildman–Crippen MR) is 165 cm³/mol. The second-order valence-electron chi connectivity index (χ2n) is 10.1. The second-order valence-corrected chi connectivity index (χ2v) is 10.1. The maximum absolute atomic E-state index is 15.2. The Hall–Kier alpha value is -5.79. The Balaban J connectivity index is 1.17. The van der Waals surface area contributed by atoms with Gasteiger partial charge in [0.15, 0.2) is 11.6 Å². The number of hydrogen-bond acceptors (Lipinski definition) is 11. The maximum atomic E-state index is 15.2. The first-order chi connectivity index (χ1) is 21.9. The molecule has 14 heteroatoms. The van der Waals surface area contributed by atoms with Gasteiger partial charge in [-0.05, 0) is 37.1 Å². The van der Waals surface area contributed by atoms with Gasteiger partial charge in [-0.25, -0.2) is 29.0 Å². The lowest BCUT2D eigenvalue weighted by molar-refractivity contribution is -0.126. The number of halogens is 1. The lowest BCUT2D eigenvalue weighted by atomic mass is 10.0. The van der Waals surface area contributed by atoms with Crippen LogP contribution in [-0.4, -0.2) is 73.9 Å². The van der Waals surface area contributed by atoms with Gasteiger partial charge in [0.05, 0.1) is 37.8 Å². The molecule has 0 aliphatic carbocycles. The fraction of sp³-hybridized carbons (Fsp3) is 0.226. The summed E-state index contributed by atoms with van der Waals surface area (Å²) in [6.45, 7) is 4.85. The standard InChI is InChI=1S/C31H30FN9O4/c1-4-29(42)40-10-7-19(8-11-40)37-25-14-22-24(15-27(25)43-2)35-18-36-30(22)38-20-5-6-26(23(32)13-20)45-28-9-12-41(39-28)21-16-33-31(44-3)34-17-21/h4-6,9,12-19,37H,1,7-8,10-11H2,2-3H3,(H,35,36,38). The molecule has 1 aliphatic rings. The number of hydrogen-bond donors (Lipinski definition) is 2. The molecule has 3 aromatic heterocycles. The molecule has 13 nitrogen and oxygen atoms in total. The summed E-state index contributed by atoms with van der Waals surface area (Å²) >= 11 is 0. The van der Waals surface area contributed by atoms with Gasteiger partial charge < -0.3 is 29.7 Å². The van der Waals surface area contributed by atoms with Crippen molar-refractivity contribution in [2.75, 3.05) is 37.9 Å². The molecule has 2 aromatic carbocycles. The van der Waals surface area contributed by atoms with Gasteiger partial charge in [0.25, 0.3) is 0 Å². The number of nitrogens with zero attached hydrogens (tertiary/aromatic N) is 7. The molecule has 45 heavy (non-hydrogen) atoms. The summed E-state index contributed by atoms with van der Waals surface area (Å²) < 4.78 is 33.0. The van der Waals surface area contributed by atoms with E-state index < -0.39 is 5.82 Å². The molecule has 0 spiro atoms. The Labute approximate surface area is 257 Å². The smallest absolute Gasteiger partial charge is 0.316 e. The summed E-state index contributed by atoms with van der Waals surface area (Å²) in [5.74, 6) is 0.667. The van der Waals surface area contributed by atoms with Gasteiger partial charge in [-0.15, -0.1) is 5.10 Å². The van der Waals surface area contributed by atoms with Crippen molar-refractivity contribution in [3.63, 3.8) is 0 Å². The minimum Gasteiger partial charge on any atom is -0.495 e. The summed E-state index contributed by atoms with van der Waals surface area (Å²) in [5, 5.41) is 11.8. The molecular formula is C31H30FN9O4. The molecule has 1 aliphatic heterocycles. The minimum atomic E-state index is -0.592. The van der Waals surface area contributed by atoms with Gasteiger partial charge in [-0.3, -0.25) is 4.79 Å². The van der Waals surface area contributed by atoms with Gasteiger partial charge in [0.1, 0.15) is 23.6 Å². The van der Waals surface area contributed by atoms with Crippen LogP contribution >= 0.6 is 0 Å². The Morgan fingerprint density at radius 2 is 1.82 bits per heavy atom. The lowest BCUT2D eigenvalue weighted by Crippen LogP contribution is -2.41. The number of aromatic nitrogens is 6. The number of rotatable bonds is 10. The zero-order chi connectivity index (χ0) is 31.3. The number of benzene rings is 2. The first-order valence-electron chi connectivity index (χ1n) is 14.1. The van der Waals surface area contributed by atoms with E-state index in [0.717, 1.165) is 18.5 Å². The van der Waals surface area contributed by atoms with Crippen molar-refractivity contribution < 1.29 is 23.4 Å². The molecular weight excluding hydrogens is 581 g/mol. The molecule has 2 N–H and O–H groups in total. The molecule has 4 heterocycles. The Bertz CT molecular complexity index is 1840. The Kier molecular flexibility index (Phi) is 8.35. The highest BCUT2D eigenvalue weighted by Crippen LogP contribution is 2.35. The number of fused-ring (bicyclic) bond motifs is 1. The van der Waals surface area contributed by atoms with Crippen molar-refractivity contribution in [1.29, 1.82) is 0 Å². The maximum Gasteiger partial charge on any atom is 0.316 e. The van der Waals surface area contributed by atoms with Crippen LogP contribution < -0.4 is 24.8 Å². The van der Waals surface area contributed by atoms with E-state index in [1.54, 1.807) is 42.7 Å². The lowest BCUT2D eigenvalue weighted by Gasteiger charge is -2.32. The summed E-state index contributed by atoms with van der Waals surface area (Å²) in [5.41, 5.74) is 2.47. The van der Waals surface area contributed by atoms with Crippen LogP contribution in [0.5, 0.6) is 23.4 Å². The molecule has 230 valence electrons. The van der Waals surface area contributed by atoms with Gasteiger partial charge in [0, 0.05) is 54.6 Å². The quantitative estimate of drug-likeness (QED) is 0.209. The molecule has 1 amide bonds. The number of anilines is 3. The summed E-state index contributed by atoms with van der Waals surface area (Å²) in [4.78, 5) is 30.7. The number of nitrogens with one attached hydrogen (secondary N) is 2. The monoisotopic (exact) mass is 611 g/mol. The van der Waals surface area contributed by atoms with Gasteiger partial charge >= 0.3 is 6.01 Å². The van der Waals surface area contributed by atoms with E-state index in [1.807, 2.05) is 12.1 Å². The average Bonchev–Trinajstić information content (AvgIpc) is 3.54. The summed E-state index contributed by atoms with van der Waals surface area (Å²) in [7, 11) is 3.08. The number of amides is 1. The van der Waals surface area contributed by atoms with Gasteiger partial charge in [0.2, 0.25) is 11.8 Å². The van der Waals surface area contributed by atoms with Gasteiger partial charge in [-0.2, -0.15) is 0 Å².